The summed E-state index contributed by atoms with van der Waals surface area (Å²) in [6.45, 7) is 3.13. The van der Waals surface area contributed by atoms with Gasteiger partial charge in [-0.05, 0) is 38.1 Å². The second-order valence-corrected chi connectivity index (χ2v) is 4.98. The topological polar surface area (TPSA) is 36.9 Å². The molecule has 1 saturated heterocycles. The molecule has 1 aromatic heterocycles. The fraction of sp³-hybridized carbons (Fsp3) is 0.385. The van der Waals surface area contributed by atoms with Crippen molar-refractivity contribution in [3.63, 3.8) is 0 Å². The maximum atomic E-state index is 5.30. The average Bonchev–Trinajstić information content (AvgIpc) is 3.02. The summed E-state index contributed by atoms with van der Waals surface area (Å²) in [7, 11) is 0. The van der Waals surface area contributed by atoms with Crippen molar-refractivity contribution >= 4 is 12.2 Å². The first kappa shape index (κ1) is 11.6. The number of aromatic nitrogens is 3. The Labute approximate surface area is 111 Å². The van der Waals surface area contributed by atoms with Crippen molar-refractivity contribution in [1.82, 2.24) is 19.7 Å². The quantitative estimate of drug-likeness (QED) is 0.862. The Morgan fingerprint density at radius 1 is 1.17 bits per heavy atom. The normalized spacial score (nSPS) is 16.2. The summed E-state index contributed by atoms with van der Waals surface area (Å²) in [6.07, 6.45) is 2.57. The Bertz CT molecular complexity index is 566. The first-order valence-corrected chi connectivity index (χ1v) is 6.68. The van der Waals surface area contributed by atoms with Crippen molar-refractivity contribution in [3.05, 3.63) is 35.1 Å². The molecule has 1 N–H and O–H groups in total. The Morgan fingerprint density at radius 2 is 1.89 bits per heavy atom. The number of hydrogen-bond donors (Lipinski definition) is 1. The van der Waals surface area contributed by atoms with Gasteiger partial charge >= 0.3 is 0 Å². The standard InChI is InChI=1S/C13H16N4S/c18-13-14-12(11-6-2-1-3-7-11)15-17(13)10-16-8-4-5-9-16/h1-3,6-7H,4-5,8-10H2,(H,14,15,18). The van der Waals surface area contributed by atoms with Gasteiger partial charge in [0.1, 0.15) is 0 Å². The van der Waals surface area contributed by atoms with E-state index in [1.54, 1.807) is 0 Å². The van der Waals surface area contributed by atoms with E-state index in [1.807, 2.05) is 35.0 Å². The van der Waals surface area contributed by atoms with Gasteiger partial charge in [0.2, 0.25) is 4.77 Å². The minimum absolute atomic E-state index is 0.626. The Balaban J connectivity index is 1.84. The van der Waals surface area contributed by atoms with Crippen LogP contribution >= 0.6 is 12.2 Å². The highest BCUT2D eigenvalue weighted by atomic mass is 32.1. The van der Waals surface area contributed by atoms with Gasteiger partial charge < -0.3 is 0 Å². The molecule has 5 heteroatoms. The van der Waals surface area contributed by atoms with Crippen LogP contribution < -0.4 is 0 Å². The van der Waals surface area contributed by atoms with E-state index in [0.29, 0.717) is 4.77 Å². The molecule has 1 aliphatic rings. The van der Waals surface area contributed by atoms with Crippen LogP contribution in [0.15, 0.2) is 30.3 Å². The number of aromatic amines is 1. The van der Waals surface area contributed by atoms with Crippen LogP contribution in [0, 0.1) is 4.77 Å². The van der Waals surface area contributed by atoms with Crippen LogP contribution in [0.5, 0.6) is 0 Å². The van der Waals surface area contributed by atoms with E-state index < -0.39 is 0 Å². The van der Waals surface area contributed by atoms with Gasteiger partial charge in [0.15, 0.2) is 5.82 Å². The van der Waals surface area contributed by atoms with Crippen molar-refractivity contribution < 1.29 is 0 Å². The van der Waals surface area contributed by atoms with Crippen LogP contribution in [0.3, 0.4) is 0 Å². The van der Waals surface area contributed by atoms with Crippen LogP contribution in [0.2, 0.25) is 0 Å². The minimum atomic E-state index is 0.626. The third-order valence-corrected chi connectivity index (χ3v) is 3.58. The minimum Gasteiger partial charge on any atom is -0.284 e. The largest absolute Gasteiger partial charge is 0.284 e. The molecule has 1 fully saturated rings. The van der Waals surface area contributed by atoms with Gasteiger partial charge in [0.25, 0.3) is 0 Å². The molecular formula is C13H16N4S. The molecule has 4 nitrogen and oxygen atoms in total. The first-order chi connectivity index (χ1) is 8.83. The molecule has 0 amide bonds. The van der Waals surface area contributed by atoms with Crippen LogP contribution in [-0.2, 0) is 6.67 Å². The lowest BCUT2D eigenvalue weighted by Crippen LogP contribution is -2.23. The Hall–Kier alpha value is -1.46. The molecule has 3 rings (SSSR count). The maximum absolute atomic E-state index is 5.30. The molecular weight excluding hydrogens is 244 g/mol. The van der Waals surface area contributed by atoms with Gasteiger partial charge in [-0.15, -0.1) is 0 Å². The number of H-pyrrole nitrogens is 1. The maximum Gasteiger partial charge on any atom is 0.217 e. The molecule has 0 aliphatic carbocycles. The highest BCUT2D eigenvalue weighted by Crippen LogP contribution is 2.15. The molecule has 1 aromatic carbocycles. The molecule has 1 aliphatic heterocycles. The van der Waals surface area contributed by atoms with Gasteiger partial charge in [0, 0.05) is 5.56 Å². The van der Waals surface area contributed by atoms with E-state index in [9.17, 15) is 0 Å². The predicted molar refractivity (Wildman–Crippen MR) is 73.7 cm³/mol. The molecule has 2 aromatic rings. The highest BCUT2D eigenvalue weighted by Gasteiger charge is 2.13. The third kappa shape index (κ3) is 2.37. The lowest BCUT2D eigenvalue weighted by molar-refractivity contribution is 0.253. The van der Waals surface area contributed by atoms with E-state index in [2.05, 4.69) is 15.0 Å². The molecule has 0 radical (unpaired) electrons. The van der Waals surface area contributed by atoms with Crippen molar-refractivity contribution in [3.8, 4) is 11.4 Å². The zero-order chi connectivity index (χ0) is 12.4. The lowest BCUT2D eigenvalue weighted by atomic mass is 10.2. The summed E-state index contributed by atoms with van der Waals surface area (Å²) in [5.74, 6) is 0.847. The molecule has 18 heavy (non-hydrogen) atoms. The zero-order valence-electron chi connectivity index (χ0n) is 10.2. The van der Waals surface area contributed by atoms with Crippen molar-refractivity contribution in [2.75, 3.05) is 13.1 Å². The molecule has 0 bridgehead atoms. The summed E-state index contributed by atoms with van der Waals surface area (Å²) in [5, 5.41) is 3.28. The molecule has 94 valence electrons. The molecule has 0 saturated carbocycles. The van der Waals surface area contributed by atoms with E-state index in [1.165, 1.54) is 12.8 Å². The van der Waals surface area contributed by atoms with E-state index in [0.717, 1.165) is 31.1 Å². The van der Waals surface area contributed by atoms with Gasteiger partial charge in [0.05, 0.1) is 6.67 Å². The van der Waals surface area contributed by atoms with Gasteiger partial charge in [-0.2, -0.15) is 4.98 Å². The average molecular weight is 260 g/mol. The van der Waals surface area contributed by atoms with Crippen LogP contribution in [0.25, 0.3) is 11.4 Å². The smallest absolute Gasteiger partial charge is 0.217 e. The third-order valence-electron chi connectivity index (χ3n) is 3.27. The summed E-state index contributed by atoms with van der Waals surface area (Å²) in [6, 6.07) is 10.1. The van der Waals surface area contributed by atoms with Crippen molar-refractivity contribution in [2.24, 2.45) is 0 Å². The number of rotatable bonds is 3. The fourth-order valence-electron chi connectivity index (χ4n) is 2.30. The SMILES string of the molecule is S=c1nc(-c2ccccc2)[nH]n1CN1CCCC1. The first-order valence-electron chi connectivity index (χ1n) is 6.27. The summed E-state index contributed by atoms with van der Waals surface area (Å²) < 4.78 is 2.57. The summed E-state index contributed by atoms with van der Waals surface area (Å²) in [5.41, 5.74) is 1.07. The molecule has 2 heterocycles. The number of nitrogens with zero attached hydrogens (tertiary/aromatic N) is 3. The number of likely N-dealkylation sites (tertiary alicyclic amines) is 1. The number of nitrogens with one attached hydrogen (secondary N) is 1. The summed E-state index contributed by atoms with van der Waals surface area (Å²) >= 11 is 5.30. The zero-order valence-corrected chi connectivity index (χ0v) is 11.0. The summed E-state index contributed by atoms with van der Waals surface area (Å²) in [4.78, 5) is 6.81. The molecule has 0 unspecified atom stereocenters. The fourth-order valence-corrected chi connectivity index (χ4v) is 2.50. The van der Waals surface area contributed by atoms with Gasteiger partial charge in [-0.1, -0.05) is 30.3 Å². The van der Waals surface area contributed by atoms with Gasteiger partial charge in [-0.25, -0.2) is 4.68 Å². The predicted octanol–water partition coefficient (Wildman–Crippen LogP) is 2.66. The number of benzene rings is 1. The second kappa shape index (κ2) is 5.04. The second-order valence-electron chi connectivity index (χ2n) is 4.62. The van der Waals surface area contributed by atoms with Crippen molar-refractivity contribution in [1.29, 1.82) is 0 Å². The van der Waals surface area contributed by atoms with Crippen LogP contribution in [0.1, 0.15) is 12.8 Å². The Morgan fingerprint density at radius 3 is 2.61 bits per heavy atom. The van der Waals surface area contributed by atoms with Crippen LogP contribution in [-0.4, -0.2) is 32.8 Å². The van der Waals surface area contributed by atoms with Crippen LogP contribution in [0.4, 0.5) is 0 Å². The molecule has 0 spiro atoms. The Kier molecular flexibility index (Phi) is 3.25. The lowest BCUT2D eigenvalue weighted by Gasteiger charge is -2.14. The number of hydrogen-bond acceptors (Lipinski definition) is 3. The van der Waals surface area contributed by atoms with E-state index in [-0.39, 0.29) is 0 Å². The van der Waals surface area contributed by atoms with Gasteiger partial charge in [-0.3, -0.25) is 10.00 Å². The van der Waals surface area contributed by atoms with Crippen molar-refractivity contribution in [2.45, 2.75) is 19.5 Å². The highest BCUT2D eigenvalue weighted by molar-refractivity contribution is 7.71. The molecule has 0 atom stereocenters. The van der Waals surface area contributed by atoms with E-state index in [4.69, 9.17) is 12.2 Å². The monoisotopic (exact) mass is 260 g/mol. The van der Waals surface area contributed by atoms with E-state index >= 15 is 0 Å².